The average Bonchev–Trinajstić information content (AvgIpc) is 2.27. The number of halogens is 3. The van der Waals surface area contributed by atoms with Gasteiger partial charge in [0.15, 0.2) is 0 Å². The summed E-state index contributed by atoms with van der Waals surface area (Å²) < 4.78 is 66.8. The van der Waals surface area contributed by atoms with Crippen LogP contribution < -0.4 is 13.8 Å². The van der Waals surface area contributed by atoms with Crippen molar-refractivity contribution in [2.45, 2.75) is 5.51 Å². The lowest BCUT2D eigenvalue weighted by atomic mass is 10.4. The van der Waals surface area contributed by atoms with Gasteiger partial charge in [-0.15, -0.1) is 0 Å². The first-order valence-corrected chi connectivity index (χ1v) is 6.33. The fraction of sp³-hybridized carbons (Fsp3) is 0.500. The molecule has 7 nitrogen and oxygen atoms in total. The van der Waals surface area contributed by atoms with Gasteiger partial charge in [0.2, 0.25) is 5.88 Å². The highest BCUT2D eigenvalue weighted by Gasteiger charge is 2.49. The number of anilines is 1. The fourth-order valence-corrected chi connectivity index (χ4v) is 1.67. The second-order valence-corrected chi connectivity index (χ2v) is 5.13. The number of hydrogen-bond donors (Lipinski definition) is 0. The highest BCUT2D eigenvalue weighted by molar-refractivity contribution is 7.87. The molecule has 0 radical (unpaired) electrons. The highest BCUT2D eigenvalue weighted by Crippen LogP contribution is 2.31. The first-order valence-electron chi connectivity index (χ1n) is 4.92. The van der Waals surface area contributed by atoms with Crippen molar-refractivity contribution in [1.29, 1.82) is 0 Å². The monoisotopic (exact) mass is 299 g/mol. The van der Waals surface area contributed by atoms with Crippen LogP contribution in [0, 0.1) is 0 Å². The predicted molar refractivity (Wildman–Crippen MR) is 56.4 cm³/mol. The minimum absolute atomic E-state index is 0.0314. The van der Waals surface area contributed by atoms with Crippen LogP contribution in [0.1, 0.15) is 0 Å². The van der Waals surface area contributed by atoms with E-state index in [1.807, 2.05) is 0 Å². The Labute approximate surface area is 106 Å². The zero-order valence-electron chi connectivity index (χ0n) is 9.51. The molecule has 2 heterocycles. The molecule has 0 unspecified atom stereocenters. The number of alkyl halides is 3. The summed E-state index contributed by atoms with van der Waals surface area (Å²) in [5, 5.41) is 0. The molecular formula is C8H8F3N3O4S. The van der Waals surface area contributed by atoms with Gasteiger partial charge in [0.05, 0.1) is 12.7 Å². The number of nitrogens with zero attached hydrogens (tertiary/aromatic N) is 3. The second-order valence-electron chi connectivity index (χ2n) is 3.60. The van der Waals surface area contributed by atoms with E-state index in [1.165, 1.54) is 0 Å². The lowest BCUT2D eigenvalue weighted by Crippen LogP contribution is -2.31. The maximum absolute atomic E-state index is 12.1. The first-order chi connectivity index (χ1) is 8.71. The number of fused-ring (bicyclic) bond motifs is 1. The van der Waals surface area contributed by atoms with Crippen molar-refractivity contribution in [3.63, 3.8) is 0 Å². The van der Waals surface area contributed by atoms with Gasteiger partial charge in [0, 0.05) is 7.05 Å². The van der Waals surface area contributed by atoms with Crippen LogP contribution in [0.3, 0.4) is 0 Å². The number of hydrogen-bond acceptors (Lipinski definition) is 7. The van der Waals surface area contributed by atoms with Crippen LogP contribution in [0.25, 0.3) is 0 Å². The van der Waals surface area contributed by atoms with Crippen LogP contribution in [0.15, 0.2) is 6.20 Å². The van der Waals surface area contributed by atoms with Gasteiger partial charge in [-0.3, -0.25) is 0 Å². The van der Waals surface area contributed by atoms with Crippen LogP contribution in [0.4, 0.5) is 18.9 Å². The molecule has 106 valence electrons. The Morgan fingerprint density at radius 3 is 2.79 bits per heavy atom. The van der Waals surface area contributed by atoms with Crippen molar-refractivity contribution < 1.29 is 30.5 Å². The third-order valence-corrected chi connectivity index (χ3v) is 3.19. The van der Waals surface area contributed by atoms with Crippen LogP contribution in [-0.2, 0) is 10.1 Å². The van der Waals surface area contributed by atoms with E-state index in [-0.39, 0.29) is 12.5 Å². The standard InChI is InChI=1S/C8H8F3N3O4S/c1-14-2-3-17-6-5(14)4-12-7(13-6)18-19(15,16)8(9,10)11/h4H,2-3H2,1H3. The summed E-state index contributed by atoms with van der Waals surface area (Å²) in [5.74, 6) is -0.0314. The summed E-state index contributed by atoms with van der Waals surface area (Å²) in [4.78, 5) is 8.60. The topological polar surface area (TPSA) is 81.6 Å². The van der Waals surface area contributed by atoms with E-state index in [2.05, 4.69) is 14.2 Å². The molecule has 0 bridgehead atoms. The van der Waals surface area contributed by atoms with Gasteiger partial charge in [-0.25, -0.2) is 4.98 Å². The summed E-state index contributed by atoms with van der Waals surface area (Å²) >= 11 is 0. The Balaban J connectivity index is 2.29. The molecule has 0 saturated carbocycles. The smallest absolute Gasteiger partial charge is 0.474 e. The minimum Gasteiger partial charge on any atom is -0.474 e. The van der Waals surface area contributed by atoms with Crippen molar-refractivity contribution >= 4 is 15.8 Å². The Kier molecular flexibility index (Phi) is 3.16. The predicted octanol–water partition coefficient (Wildman–Crippen LogP) is 0.534. The van der Waals surface area contributed by atoms with Gasteiger partial charge < -0.3 is 13.8 Å². The maximum atomic E-state index is 12.1. The van der Waals surface area contributed by atoms with Gasteiger partial charge in [0.1, 0.15) is 12.3 Å². The molecule has 0 spiro atoms. The lowest BCUT2D eigenvalue weighted by Gasteiger charge is -2.25. The third-order valence-electron chi connectivity index (χ3n) is 2.26. The average molecular weight is 299 g/mol. The molecule has 0 saturated heterocycles. The van der Waals surface area contributed by atoms with Crippen molar-refractivity contribution in [2.75, 3.05) is 25.1 Å². The van der Waals surface area contributed by atoms with E-state index in [9.17, 15) is 21.6 Å². The largest absolute Gasteiger partial charge is 0.534 e. The lowest BCUT2D eigenvalue weighted by molar-refractivity contribution is -0.0503. The molecule has 0 N–H and O–H groups in total. The Hall–Kier alpha value is -1.78. The molecule has 0 aliphatic carbocycles. The highest BCUT2D eigenvalue weighted by atomic mass is 32.2. The van der Waals surface area contributed by atoms with E-state index in [0.29, 0.717) is 12.2 Å². The van der Waals surface area contributed by atoms with Crippen molar-refractivity contribution in [2.24, 2.45) is 0 Å². The SMILES string of the molecule is CN1CCOc2nc(OS(=O)(=O)C(F)(F)F)ncc21. The zero-order chi connectivity index (χ0) is 14.3. The van der Waals surface area contributed by atoms with Gasteiger partial charge in [0.25, 0.3) is 0 Å². The molecule has 0 atom stereocenters. The van der Waals surface area contributed by atoms with Crippen LogP contribution >= 0.6 is 0 Å². The number of rotatable bonds is 2. The van der Waals surface area contributed by atoms with Gasteiger partial charge in [-0.2, -0.15) is 26.6 Å². The molecule has 1 aromatic heterocycles. The first kappa shape index (κ1) is 13.6. The zero-order valence-corrected chi connectivity index (χ0v) is 10.3. The normalized spacial score (nSPS) is 15.7. The molecule has 0 amide bonds. The summed E-state index contributed by atoms with van der Waals surface area (Å²) in [7, 11) is -4.08. The Bertz CT molecular complexity index is 589. The molecule has 0 fully saturated rings. The summed E-state index contributed by atoms with van der Waals surface area (Å²) in [6.07, 6.45) is 1.13. The molecule has 2 rings (SSSR count). The number of ether oxygens (including phenoxy) is 1. The molecular weight excluding hydrogens is 291 g/mol. The Morgan fingerprint density at radius 1 is 1.47 bits per heavy atom. The van der Waals surface area contributed by atoms with Gasteiger partial charge in [-0.05, 0) is 0 Å². The van der Waals surface area contributed by atoms with Crippen molar-refractivity contribution in [3.05, 3.63) is 6.20 Å². The van der Waals surface area contributed by atoms with Gasteiger partial charge >= 0.3 is 21.6 Å². The molecule has 1 aliphatic rings. The fourth-order valence-electron chi connectivity index (χ4n) is 1.30. The second kappa shape index (κ2) is 4.40. The van der Waals surface area contributed by atoms with E-state index >= 15 is 0 Å². The van der Waals surface area contributed by atoms with Crippen LogP contribution in [0.2, 0.25) is 0 Å². The van der Waals surface area contributed by atoms with E-state index in [4.69, 9.17) is 4.74 Å². The molecule has 11 heteroatoms. The third kappa shape index (κ3) is 2.64. The van der Waals surface area contributed by atoms with Crippen LogP contribution in [-0.4, -0.2) is 44.1 Å². The van der Waals surface area contributed by atoms with Gasteiger partial charge in [-0.1, -0.05) is 0 Å². The number of aromatic nitrogens is 2. The summed E-state index contributed by atoms with van der Waals surface area (Å²) in [5.41, 5.74) is -5.10. The molecule has 1 aliphatic heterocycles. The molecule has 19 heavy (non-hydrogen) atoms. The van der Waals surface area contributed by atoms with E-state index in [1.54, 1.807) is 11.9 Å². The summed E-state index contributed by atoms with van der Waals surface area (Å²) in [6.45, 7) is 0.823. The van der Waals surface area contributed by atoms with Crippen molar-refractivity contribution in [1.82, 2.24) is 9.97 Å². The molecule has 0 aromatic carbocycles. The summed E-state index contributed by atoms with van der Waals surface area (Å²) in [6, 6.07) is -0.939. The minimum atomic E-state index is -5.79. The van der Waals surface area contributed by atoms with E-state index in [0.717, 1.165) is 6.20 Å². The van der Waals surface area contributed by atoms with Crippen molar-refractivity contribution in [3.8, 4) is 11.9 Å². The van der Waals surface area contributed by atoms with E-state index < -0.39 is 21.6 Å². The Morgan fingerprint density at radius 2 is 2.16 bits per heavy atom. The van der Waals surface area contributed by atoms with Crippen LogP contribution in [0.5, 0.6) is 11.9 Å². The molecule has 1 aromatic rings. The quantitative estimate of drug-likeness (QED) is 0.582. The maximum Gasteiger partial charge on any atom is 0.534 e. The number of likely N-dealkylation sites (N-methyl/N-ethyl adjacent to an activating group) is 1.